The van der Waals surface area contributed by atoms with Crippen LogP contribution in [0.1, 0.15) is 29.5 Å². The average Bonchev–Trinajstić information content (AvgIpc) is 2.54. The van der Waals surface area contributed by atoms with Crippen LogP contribution in [0.5, 0.6) is 5.75 Å². The van der Waals surface area contributed by atoms with Crippen LogP contribution in [0.2, 0.25) is 0 Å². The van der Waals surface area contributed by atoms with Gasteiger partial charge in [0.15, 0.2) is 6.73 Å². The lowest BCUT2D eigenvalue weighted by Crippen LogP contribution is -2.47. The number of rotatable bonds is 4. The van der Waals surface area contributed by atoms with Crippen molar-refractivity contribution >= 4 is 11.9 Å². The highest BCUT2D eigenvalue weighted by atomic mass is 16.5. The zero-order chi connectivity index (χ0) is 17.0. The normalized spacial score (nSPS) is 15.3. The summed E-state index contributed by atoms with van der Waals surface area (Å²) in [7, 11) is 0. The van der Waals surface area contributed by atoms with Gasteiger partial charge in [0.2, 0.25) is 5.91 Å². The van der Waals surface area contributed by atoms with Gasteiger partial charge in [-0.25, -0.2) is 4.79 Å². The Morgan fingerprint density at radius 3 is 2.43 bits per heavy atom. The molecule has 126 valence electrons. The molecule has 0 atom stereocenters. The summed E-state index contributed by atoms with van der Waals surface area (Å²) in [5.74, 6) is 0.421. The van der Waals surface area contributed by atoms with Gasteiger partial charge in [-0.2, -0.15) is 0 Å². The molecule has 1 aromatic rings. The largest absolute Gasteiger partial charge is 0.473 e. The summed E-state index contributed by atoms with van der Waals surface area (Å²) in [6.07, 6.45) is 1.25. The zero-order valence-electron chi connectivity index (χ0n) is 14.0. The number of urea groups is 1. The van der Waals surface area contributed by atoms with Crippen LogP contribution in [0.4, 0.5) is 4.79 Å². The maximum absolute atomic E-state index is 12.1. The van der Waals surface area contributed by atoms with Gasteiger partial charge in [-0.3, -0.25) is 4.79 Å². The molecule has 0 aromatic heterocycles. The summed E-state index contributed by atoms with van der Waals surface area (Å²) in [6, 6.07) is 3.89. The summed E-state index contributed by atoms with van der Waals surface area (Å²) in [6.45, 7) is 7.24. The smallest absolute Gasteiger partial charge is 0.320 e. The molecule has 6 nitrogen and oxygen atoms in total. The number of carbonyl (C=O) groups is 2. The molecule has 0 bridgehead atoms. The first-order chi connectivity index (χ1) is 10.9. The number of ether oxygens (including phenoxy) is 1. The number of carbonyl (C=O) groups excluding carboxylic acids is 2. The van der Waals surface area contributed by atoms with Crippen molar-refractivity contribution in [3.63, 3.8) is 0 Å². The molecule has 1 saturated heterocycles. The third-order valence-corrected chi connectivity index (χ3v) is 4.50. The van der Waals surface area contributed by atoms with Gasteiger partial charge in [0.05, 0.1) is 0 Å². The van der Waals surface area contributed by atoms with E-state index in [1.54, 1.807) is 4.90 Å². The molecule has 1 aliphatic rings. The summed E-state index contributed by atoms with van der Waals surface area (Å²) in [5, 5.41) is 2.77. The van der Waals surface area contributed by atoms with E-state index in [0.717, 1.165) is 22.4 Å². The monoisotopic (exact) mass is 319 g/mol. The first-order valence-electron chi connectivity index (χ1n) is 7.92. The zero-order valence-corrected chi connectivity index (χ0v) is 14.0. The van der Waals surface area contributed by atoms with E-state index in [4.69, 9.17) is 10.5 Å². The van der Waals surface area contributed by atoms with Crippen LogP contribution < -0.4 is 15.8 Å². The van der Waals surface area contributed by atoms with E-state index in [1.165, 1.54) is 0 Å². The minimum atomic E-state index is -0.279. The fourth-order valence-corrected chi connectivity index (χ4v) is 2.80. The number of piperidine rings is 1. The predicted molar refractivity (Wildman–Crippen MR) is 88.2 cm³/mol. The van der Waals surface area contributed by atoms with Gasteiger partial charge < -0.3 is 20.7 Å². The van der Waals surface area contributed by atoms with Gasteiger partial charge in [-0.15, -0.1) is 0 Å². The molecule has 1 heterocycles. The van der Waals surface area contributed by atoms with Crippen molar-refractivity contribution in [2.24, 2.45) is 11.7 Å². The number of aryl methyl sites for hydroxylation is 2. The van der Waals surface area contributed by atoms with Gasteiger partial charge >= 0.3 is 6.03 Å². The van der Waals surface area contributed by atoms with Crippen LogP contribution >= 0.6 is 0 Å². The summed E-state index contributed by atoms with van der Waals surface area (Å²) >= 11 is 0. The minimum absolute atomic E-state index is 0.118. The summed E-state index contributed by atoms with van der Waals surface area (Å²) in [5.41, 5.74) is 8.58. The number of hydrogen-bond acceptors (Lipinski definition) is 3. The number of nitrogens with one attached hydrogen (secondary N) is 1. The maximum atomic E-state index is 12.1. The highest BCUT2D eigenvalue weighted by Crippen LogP contribution is 2.25. The van der Waals surface area contributed by atoms with Gasteiger partial charge in [0, 0.05) is 19.0 Å². The van der Waals surface area contributed by atoms with Gasteiger partial charge in [0.1, 0.15) is 5.75 Å². The molecule has 3 N–H and O–H groups in total. The Hall–Kier alpha value is -2.24. The molecule has 0 saturated carbocycles. The number of benzene rings is 1. The topological polar surface area (TPSA) is 84.7 Å². The molecule has 0 aliphatic carbocycles. The fourth-order valence-electron chi connectivity index (χ4n) is 2.80. The Morgan fingerprint density at radius 1 is 1.22 bits per heavy atom. The Labute approximate surface area is 137 Å². The first kappa shape index (κ1) is 17.1. The van der Waals surface area contributed by atoms with Crippen LogP contribution in [0.3, 0.4) is 0 Å². The molecule has 0 unspecified atom stereocenters. The van der Waals surface area contributed by atoms with Crippen molar-refractivity contribution in [3.05, 3.63) is 28.8 Å². The quantitative estimate of drug-likeness (QED) is 0.831. The second-order valence-corrected chi connectivity index (χ2v) is 6.09. The Morgan fingerprint density at radius 2 is 1.83 bits per heavy atom. The molecule has 1 aromatic carbocycles. The van der Waals surface area contributed by atoms with Crippen LogP contribution in [0.25, 0.3) is 0 Å². The minimum Gasteiger partial charge on any atom is -0.473 e. The van der Waals surface area contributed by atoms with Crippen molar-refractivity contribution < 1.29 is 14.3 Å². The lowest BCUT2D eigenvalue weighted by atomic mass is 9.96. The maximum Gasteiger partial charge on any atom is 0.320 e. The molecule has 0 spiro atoms. The first-order valence-corrected chi connectivity index (χ1v) is 7.92. The van der Waals surface area contributed by atoms with E-state index in [9.17, 15) is 9.59 Å². The van der Waals surface area contributed by atoms with Gasteiger partial charge in [0.25, 0.3) is 0 Å². The lowest BCUT2D eigenvalue weighted by molar-refractivity contribution is -0.123. The van der Waals surface area contributed by atoms with E-state index in [-0.39, 0.29) is 24.6 Å². The van der Waals surface area contributed by atoms with Crippen LogP contribution in [0.15, 0.2) is 12.1 Å². The second-order valence-electron chi connectivity index (χ2n) is 6.09. The third kappa shape index (κ3) is 4.15. The number of hydrogen-bond donors (Lipinski definition) is 2. The van der Waals surface area contributed by atoms with E-state index < -0.39 is 0 Å². The van der Waals surface area contributed by atoms with E-state index >= 15 is 0 Å². The fraction of sp³-hybridized carbons (Fsp3) is 0.529. The molecular weight excluding hydrogens is 294 g/mol. The SMILES string of the molecule is Cc1ccc(C)c(OCNC(=O)N2CCC(C(N)=O)CC2)c1C. The number of likely N-dealkylation sites (tertiary alicyclic amines) is 1. The second kappa shape index (κ2) is 7.35. The van der Waals surface area contributed by atoms with Gasteiger partial charge in [-0.05, 0) is 50.3 Å². The van der Waals surface area contributed by atoms with Crippen molar-refractivity contribution in [3.8, 4) is 5.75 Å². The molecule has 6 heteroatoms. The Balaban J connectivity index is 1.82. The standard InChI is InChI=1S/C17H25N3O3/c1-11-4-5-12(2)15(13(11)3)23-10-19-17(22)20-8-6-14(7-9-20)16(18)21/h4-5,14H,6-10H2,1-3H3,(H2,18,21)(H,19,22). The van der Waals surface area contributed by atoms with Crippen molar-refractivity contribution in [1.29, 1.82) is 0 Å². The van der Waals surface area contributed by atoms with E-state index in [1.807, 2.05) is 26.8 Å². The molecule has 3 amide bonds. The molecule has 0 radical (unpaired) electrons. The number of primary amides is 1. The van der Waals surface area contributed by atoms with Crippen LogP contribution in [0, 0.1) is 26.7 Å². The number of nitrogens with zero attached hydrogens (tertiary/aromatic N) is 1. The molecule has 1 aliphatic heterocycles. The highest BCUT2D eigenvalue weighted by molar-refractivity contribution is 5.78. The predicted octanol–water partition coefficient (Wildman–Crippen LogP) is 1.86. The third-order valence-electron chi connectivity index (χ3n) is 4.50. The summed E-state index contributed by atoms with van der Waals surface area (Å²) < 4.78 is 5.74. The molecule has 23 heavy (non-hydrogen) atoms. The van der Waals surface area contributed by atoms with Gasteiger partial charge in [-0.1, -0.05) is 12.1 Å². The van der Waals surface area contributed by atoms with E-state index in [0.29, 0.717) is 25.9 Å². The molecule has 2 rings (SSSR count). The Kier molecular flexibility index (Phi) is 5.47. The number of amides is 3. The highest BCUT2D eigenvalue weighted by Gasteiger charge is 2.25. The van der Waals surface area contributed by atoms with Crippen molar-refractivity contribution in [2.45, 2.75) is 33.6 Å². The van der Waals surface area contributed by atoms with Crippen molar-refractivity contribution in [2.75, 3.05) is 19.8 Å². The van der Waals surface area contributed by atoms with Crippen molar-refractivity contribution in [1.82, 2.24) is 10.2 Å². The lowest BCUT2D eigenvalue weighted by Gasteiger charge is -2.30. The molecular formula is C17H25N3O3. The van der Waals surface area contributed by atoms with Crippen LogP contribution in [-0.2, 0) is 4.79 Å². The molecule has 1 fully saturated rings. The van der Waals surface area contributed by atoms with E-state index in [2.05, 4.69) is 11.4 Å². The van der Waals surface area contributed by atoms with Crippen LogP contribution in [-0.4, -0.2) is 36.7 Å². The average molecular weight is 319 g/mol. The Bertz CT molecular complexity index is 593. The number of nitrogens with two attached hydrogens (primary N) is 1. The summed E-state index contributed by atoms with van der Waals surface area (Å²) in [4.78, 5) is 24.9.